The van der Waals surface area contributed by atoms with Gasteiger partial charge in [0.2, 0.25) is 0 Å². The maximum atomic E-state index is 6.82. The Bertz CT molecular complexity index is 3120. The molecule has 0 bridgehead atoms. The normalized spacial score (nSPS) is 14.9. The fraction of sp³-hybridized carbons (Fsp3) is 0.0185. The topological polar surface area (TPSA) is 26.0 Å². The first-order valence-corrected chi connectivity index (χ1v) is 19.3. The van der Waals surface area contributed by atoms with Crippen molar-refractivity contribution >= 4 is 21.9 Å². The summed E-state index contributed by atoms with van der Waals surface area (Å²) < 4.78 is 6.82. The lowest BCUT2D eigenvalue weighted by molar-refractivity contribution is 0.669. The van der Waals surface area contributed by atoms with Gasteiger partial charge in [-0.1, -0.05) is 146 Å². The van der Waals surface area contributed by atoms with Crippen LogP contribution in [0.4, 0.5) is 0 Å². The number of fused-ring (bicyclic) bond motifs is 14. The summed E-state index contributed by atoms with van der Waals surface area (Å²) in [5.74, 6) is 0. The van der Waals surface area contributed by atoms with Crippen LogP contribution in [-0.4, -0.2) is 4.98 Å². The van der Waals surface area contributed by atoms with Gasteiger partial charge in [-0.3, -0.25) is 4.98 Å². The number of nitrogens with zero attached hydrogens (tertiary/aromatic N) is 1. The van der Waals surface area contributed by atoms with Crippen LogP contribution in [0.25, 0.3) is 88.8 Å². The summed E-state index contributed by atoms with van der Waals surface area (Å²) in [7, 11) is 0. The van der Waals surface area contributed by atoms with Gasteiger partial charge >= 0.3 is 0 Å². The molecule has 0 saturated carbocycles. The van der Waals surface area contributed by atoms with Gasteiger partial charge in [0.05, 0.1) is 11.1 Å². The van der Waals surface area contributed by atoms with Gasteiger partial charge in [-0.2, -0.15) is 0 Å². The fourth-order valence-electron chi connectivity index (χ4n) is 9.71. The number of furan rings is 1. The second-order valence-electron chi connectivity index (χ2n) is 15.0. The van der Waals surface area contributed by atoms with E-state index in [9.17, 15) is 0 Å². The van der Waals surface area contributed by atoms with E-state index in [2.05, 4.69) is 188 Å². The SMILES string of the molecule is c1ccc(-c2cc(-c3ccccc3)cc(-c3ccc4c(c3)C3(c5cc(-c6ccccn6)ccc5-4)c4ccccc4-c4c3ccc3c4oc4ccccc43)c2)cc1. The average molecular weight is 712 g/mol. The molecular formula is C54H33NO. The minimum Gasteiger partial charge on any atom is -0.455 e. The number of benzene rings is 8. The number of hydrogen-bond donors (Lipinski definition) is 0. The first-order chi connectivity index (χ1) is 27.8. The summed E-state index contributed by atoms with van der Waals surface area (Å²) in [6, 6.07) is 70.8. The van der Waals surface area contributed by atoms with E-state index < -0.39 is 5.41 Å². The quantitative estimate of drug-likeness (QED) is 0.182. The summed E-state index contributed by atoms with van der Waals surface area (Å²) in [5, 5.41) is 2.29. The Labute approximate surface area is 325 Å². The van der Waals surface area contributed by atoms with Crippen molar-refractivity contribution in [3.05, 3.63) is 223 Å². The molecule has 10 aromatic rings. The highest BCUT2D eigenvalue weighted by Crippen LogP contribution is 2.64. The van der Waals surface area contributed by atoms with Crippen molar-refractivity contribution in [3.63, 3.8) is 0 Å². The van der Waals surface area contributed by atoms with E-state index in [-0.39, 0.29) is 0 Å². The van der Waals surface area contributed by atoms with Gasteiger partial charge in [-0.05, 0) is 121 Å². The number of aromatic nitrogens is 1. The van der Waals surface area contributed by atoms with Crippen LogP contribution in [0.15, 0.2) is 205 Å². The van der Waals surface area contributed by atoms with Gasteiger partial charge in [-0.25, -0.2) is 0 Å². The predicted molar refractivity (Wildman–Crippen MR) is 230 cm³/mol. The Hall–Kier alpha value is -7.29. The molecule has 0 saturated heterocycles. The van der Waals surface area contributed by atoms with Gasteiger partial charge in [0.15, 0.2) is 0 Å². The van der Waals surface area contributed by atoms with Crippen LogP contribution >= 0.6 is 0 Å². The van der Waals surface area contributed by atoms with E-state index in [4.69, 9.17) is 9.40 Å². The average Bonchev–Trinajstić information content (AvgIpc) is 3.90. The maximum Gasteiger partial charge on any atom is 0.143 e. The first kappa shape index (κ1) is 31.1. The Kier molecular flexibility index (Phi) is 6.58. The molecule has 0 amide bonds. The summed E-state index contributed by atoms with van der Waals surface area (Å²) in [5.41, 5.74) is 20.5. The van der Waals surface area contributed by atoms with Gasteiger partial charge < -0.3 is 4.42 Å². The molecule has 0 fully saturated rings. The molecule has 1 spiro atoms. The Balaban J connectivity index is 1.16. The molecule has 2 aliphatic rings. The molecule has 260 valence electrons. The Morgan fingerprint density at radius 1 is 0.357 bits per heavy atom. The molecule has 1 unspecified atom stereocenters. The van der Waals surface area contributed by atoms with Crippen LogP contribution < -0.4 is 0 Å². The van der Waals surface area contributed by atoms with E-state index in [1.165, 1.54) is 77.9 Å². The molecular weight excluding hydrogens is 679 g/mol. The highest BCUT2D eigenvalue weighted by molar-refractivity contribution is 6.13. The third-order valence-corrected chi connectivity index (χ3v) is 12.1. The molecule has 2 aliphatic carbocycles. The number of para-hydroxylation sites is 1. The summed E-state index contributed by atoms with van der Waals surface area (Å²) >= 11 is 0. The second-order valence-corrected chi connectivity index (χ2v) is 15.0. The van der Waals surface area contributed by atoms with Crippen LogP contribution in [0.3, 0.4) is 0 Å². The molecule has 56 heavy (non-hydrogen) atoms. The van der Waals surface area contributed by atoms with Crippen molar-refractivity contribution in [1.82, 2.24) is 4.98 Å². The molecule has 0 aliphatic heterocycles. The minimum absolute atomic E-state index is 0.580. The molecule has 2 aromatic heterocycles. The zero-order valence-corrected chi connectivity index (χ0v) is 30.4. The monoisotopic (exact) mass is 711 g/mol. The van der Waals surface area contributed by atoms with Crippen LogP contribution in [0.5, 0.6) is 0 Å². The van der Waals surface area contributed by atoms with Gasteiger partial charge in [0, 0.05) is 28.1 Å². The molecule has 12 rings (SSSR count). The van der Waals surface area contributed by atoms with Gasteiger partial charge in [0.25, 0.3) is 0 Å². The Morgan fingerprint density at radius 2 is 0.964 bits per heavy atom. The number of rotatable bonds is 4. The fourth-order valence-corrected chi connectivity index (χ4v) is 9.71. The van der Waals surface area contributed by atoms with Crippen LogP contribution in [-0.2, 0) is 5.41 Å². The lowest BCUT2D eigenvalue weighted by atomic mass is 9.70. The lowest BCUT2D eigenvalue weighted by Gasteiger charge is -2.31. The predicted octanol–water partition coefficient (Wildman–Crippen LogP) is 14.0. The summed E-state index contributed by atoms with van der Waals surface area (Å²) in [4.78, 5) is 4.80. The van der Waals surface area contributed by atoms with Crippen molar-refractivity contribution in [1.29, 1.82) is 0 Å². The smallest absolute Gasteiger partial charge is 0.143 e. The molecule has 8 aromatic carbocycles. The molecule has 2 heteroatoms. The molecule has 0 N–H and O–H groups in total. The maximum absolute atomic E-state index is 6.82. The van der Waals surface area contributed by atoms with E-state index in [1.54, 1.807) is 0 Å². The van der Waals surface area contributed by atoms with Crippen LogP contribution in [0.2, 0.25) is 0 Å². The third kappa shape index (κ3) is 4.35. The van der Waals surface area contributed by atoms with Crippen molar-refractivity contribution < 1.29 is 4.42 Å². The van der Waals surface area contributed by atoms with Crippen molar-refractivity contribution in [3.8, 4) is 66.9 Å². The lowest BCUT2D eigenvalue weighted by Crippen LogP contribution is -2.26. The van der Waals surface area contributed by atoms with Crippen molar-refractivity contribution in [2.75, 3.05) is 0 Å². The Morgan fingerprint density at radius 3 is 1.68 bits per heavy atom. The minimum atomic E-state index is -0.580. The standard InChI is InChI=1S/C54H33NO/c1-3-13-34(14-4-1)38-29-39(35-15-5-2-6-16-35)31-40(30-38)36-22-24-41-42-25-23-37(50-20-11-12-28-55-50)33-49(42)54(48(41)32-36)46-19-9-7-18-45(46)52-47(54)27-26-44-43-17-8-10-21-51(43)56-53(44)52/h1-33H. The van der Waals surface area contributed by atoms with Gasteiger partial charge in [0.1, 0.15) is 11.2 Å². The third-order valence-electron chi connectivity index (χ3n) is 12.1. The zero-order chi connectivity index (χ0) is 36.8. The van der Waals surface area contributed by atoms with E-state index in [0.29, 0.717) is 0 Å². The van der Waals surface area contributed by atoms with Crippen molar-refractivity contribution in [2.24, 2.45) is 0 Å². The first-order valence-electron chi connectivity index (χ1n) is 19.3. The van der Waals surface area contributed by atoms with Gasteiger partial charge in [-0.15, -0.1) is 0 Å². The number of hydrogen-bond acceptors (Lipinski definition) is 2. The van der Waals surface area contributed by atoms with Crippen LogP contribution in [0.1, 0.15) is 22.3 Å². The molecule has 2 heterocycles. The zero-order valence-electron chi connectivity index (χ0n) is 30.4. The molecule has 0 radical (unpaired) electrons. The highest BCUT2D eigenvalue weighted by Gasteiger charge is 2.52. The van der Waals surface area contributed by atoms with E-state index in [1.807, 2.05) is 12.3 Å². The largest absolute Gasteiger partial charge is 0.455 e. The molecule has 2 nitrogen and oxygen atoms in total. The van der Waals surface area contributed by atoms with Crippen molar-refractivity contribution in [2.45, 2.75) is 5.41 Å². The highest BCUT2D eigenvalue weighted by atomic mass is 16.3. The van der Waals surface area contributed by atoms with E-state index in [0.717, 1.165) is 33.2 Å². The summed E-state index contributed by atoms with van der Waals surface area (Å²) in [6.45, 7) is 0. The second kappa shape index (κ2) is 11.9. The molecule has 1 atom stereocenters. The number of pyridine rings is 1. The van der Waals surface area contributed by atoms with Crippen LogP contribution in [0, 0.1) is 0 Å². The van der Waals surface area contributed by atoms with E-state index >= 15 is 0 Å². The summed E-state index contributed by atoms with van der Waals surface area (Å²) in [6.07, 6.45) is 1.88.